The first kappa shape index (κ1) is 14.6. The number of nitrogens with one attached hydrogen (secondary N) is 2. The number of rotatable bonds is 5. The average Bonchev–Trinajstić information content (AvgIpc) is 2.53. The first-order chi connectivity index (χ1) is 10.8. The van der Waals surface area contributed by atoms with Crippen molar-refractivity contribution >= 4 is 22.7 Å². The summed E-state index contributed by atoms with van der Waals surface area (Å²) < 4.78 is 0. The Morgan fingerprint density at radius 3 is 2.86 bits per heavy atom. The van der Waals surface area contributed by atoms with E-state index in [0.717, 1.165) is 36.7 Å². The SMILES string of the molecule is O=C(O)NCCCNc1c2c(nc3ccccc13)CCCC2. The van der Waals surface area contributed by atoms with Gasteiger partial charge in [0.2, 0.25) is 0 Å². The Kier molecular flexibility index (Phi) is 4.42. The fourth-order valence-electron chi connectivity index (χ4n) is 3.07. The van der Waals surface area contributed by atoms with Gasteiger partial charge in [0.15, 0.2) is 0 Å². The van der Waals surface area contributed by atoms with E-state index in [2.05, 4.69) is 22.8 Å². The maximum absolute atomic E-state index is 10.5. The molecule has 1 amide bonds. The highest BCUT2D eigenvalue weighted by Crippen LogP contribution is 2.33. The van der Waals surface area contributed by atoms with Crippen LogP contribution in [0.25, 0.3) is 10.9 Å². The standard InChI is InChI=1S/C17H21N3O2/c21-17(22)19-11-5-10-18-16-12-6-1-3-8-14(12)20-15-9-4-2-7-13(15)16/h1,3,6,8,19H,2,4-5,7,9-11H2,(H,18,20)(H,21,22). The van der Waals surface area contributed by atoms with Crippen molar-refractivity contribution in [3.8, 4) is 0 Å². The van der Waals surface area contributed by atoms with Crippen LogP contribution in [-0.2, 0) is 12.8 Å². The maximum Gasteiger partial charge on any atom is 0.404 e. The van der Waals surface area contributed by atoms with Crippen LogP contribution in [0, 0.1) is 0 Å². The van der Waals surface area contributed by atoms with Gasteiger partial charge in [-0.1, -0.05) is 18.2 Å². The molecular weight excluding hydrogens is 278 g/mol. The van der Waals surface area contributed by atoms with Crippen LogP contribution in [0.3, 0.4) is 0 Å². The predicted octanol–water partition coefficient (Wildman–Crippen LogP) is 3.18. The first-order valence-electron chi connectivity index (χ1n) is 7.87. The molecule has 1 aliphatic carbocycles. The Morgan fingerprint density at radius 2 is 2.00 bits per heavy atom. The highest BCUT2D eigenvalue weighted by molar-refractivity contribution is 5.93. The molecule has 3 N–H and O–H groups in total. The van der Waals surface area contributed by atoms with Gasteiger partial charge in [-0.3, -0.25) is 4.98 Å². The summed E-state index contributed by atoms with van der Waals surface area (Å²) in [7, 11) is 0. The Labute approximate surface area is 129 Å². The number of pyridine rings is 1. The van der Waals surface area contributed by atoms with Gasteiger partial charge in [0.05, 0.1) is 5.52 Å². The van der Waals surface area contributed by atoms with Gasteiger partial charge in [-0.05, 0) is 43.7 Å². The van der Waals surface area contributed by atoms with E-state index in [0.29, 0.717) is 6.54 Å². The third-order valence-corrected chi connectivity index (χ3v) is 4.10. The van der Waals surface area contributed by atoms with E-state index >= 15 is 0 Å². The fourth-order valence-corrected chi connectivity index (χ4v) is 3.07. The summed E-state index contributed by atoms with van der Waals surface area (Å²) in [5.41, 5.74) is 4.79. The van der Waals surface area contributed by atoms with Crippen LogP contribution in [-0.4, -0.2) is 29.3 Å². The average molecular weight is 299 g/mol. The summed E-state index contributed by atoms with van der Waals surface area (Å²) in [5.74, 6) is 0. The van der Waals surface area contributed by atoms with E-state index in [1.807, 2.05) is 12.1 Å². The van der Waals surface area contributed by atoms with Crippen LogP contribution in [0.4, 0.5) is 10.5 Å². The summed E-state index contributed by atoms with van der Waals surface area (Å²) in [4.78, 5) is 15.3. The van der Waals surface area contributed by atoms with Crippen molar-refractivity contribution in [2.24, 2.45) is 0 Å². The zero-order valence-electron chi connectivity index (χ0n) is 12.6. The van der Waals surface area contributed by atoms with Crippen molar-refractivity contribution in [2.45, 2.75) is 32.1 Å². The molecule has 5 heteroatoms. The zero-order chi connectivity index (χ0) is 15.4. The first-order valence-corrected chi connectivity index (χ1v) is 7.87. The molecule has 0 spiro atoms. The largest absolute Gasteiger partial charge is 0.465 e. The molecule has 22 heavy (non-hydrogen) atoms. The lowest BCUT2D eigenvalue weighted by Gasteiger charge is -2.21. The van der Waals surface area contributed by atoms with Crippen molar-refractivity contribution in [1.29, 1.82) is 0 Å². The molecule has 116 valence electrons. The third kappa shape index (κ3) is 3.13. The molecule has 0 saturated heterocycles. The molecule has 0 saturated carbocycles. The molecule has 1 aliphatic rings. The lowest BCUT2D eigenvalue weighted by Crippen LogP contribution is -2.23. The number of aromatic nitrogens is 1. The quantitative estimate of drug-likeness (QED) is 0.741. The number of amides is 1. The Bertz CT molecular complexity index is 685. The van der Waals surface area contributed by atoms with Crippen molar-refractivity contribution in [1.82, 2.24) is 10.3 Å². The van der Waals surface area contributed by atoms with Crippen LogP contribution < -0.4 is 10.6 Å². The van der Waals surface area contributed by atoms with E-state index in [1.54, 1.807) is 0 Å². The second kappa shape index (κ2) is 6.64. The number of fused-ring (bicyclic) bond motifs is 2. The monoisotopic (exact) mass is 299 g/mol. The third-order valence-electron chi connectivity index (χ3n) is 4.10. The normalized spacial score (nSPS) is 13.6. The highest BCUT2D eigenvalue weighted by Gasteiger charge is 2.17. The smallest absolute Gasteiger partial charge is 0.404 e. The predicted molar refractivity (Wildman–Crippen MR) is 87.5 cm³/mol. The molecule has 0 aliphatic heterocycles. The van der Waals surface area contributed by atoms with Crippen LogP contribution in [0.5, 0.6) is 0 Å². The second-order valence-electron chi connectivity index (χ2n) is 5.65. The minimum Gasteiger partial charge on any atom is -0.465 e. The minimum absolute atomic E-state index is 0.466. The number of carbonyl (C=O) groups is 1. The molecule has 0 atom stereocenters. The number of hydrogen-bond donors (Lipinski definition) is 3. The molecule has 5 nitrogen and oxygen atoms in total. The van der Waals surface area contributed by atoms with E-state index in [9.17, 15) is 4.79 Å². The number of hydrogen-bond acceptors (Lipinski definition) is 3. The second-order valence-corrected chi connectivity index (χ2v) is 5.65. The number of para-hydroxylation sites is 1. The molecule has 0 bridgehead atoms. The zero-order valence-corrected chi connectivity index (χ0v) is 12.6. The molecule has 3 rings (SSSR count). The summed E-state index contributed by atoms with van der Waals surface area (Å²) in [6.07, 6.45) is 4.34. The van der Waals surface area contributed by atoms with Crippen LogP contribution in [0.15, 0.2) is 24.3 Å². The maximum atomic E-state index is 10.5. The van der Waals surface area contributed by atoms with Crippen LogP contribution >= 0.6 is 0 Å². The molecular formula is C17H21N3O2. The lowest BCUT2D eigenvalue weighted by molar-refractivity contribution is 0.194. The number of carboxylic acid groups (broad SMARTS) is 1. The molecule has 2 aromatic rings. The van der Waals surface area contributed by atoms with Gasteiger partial charge in [-0.2, -0.15) is 0 Å². The van der Waals surface area contributed by atoms with Gasteiger partial charge in [-0.25, -0.2) is 4.79 Å². The van der Waals surface area contributed by atoms with Crippen molar-refractivity contribution in [2.75, 3.05) is 18.4 Å². The van der Waals surface area contributed by atoms with Crippen molar-refractivity contribution in [3.05, 3.63) is 35.5 Å². The van der Waals surface area contributed by atoms with Gasteiger partial charge in [0.25, 0.3) is 0 Å². The van der Waals surface area contributed by atoms with Crippen LogP contribution in [0.1, 0.15) is 30.5 Å². The summed E-state index contributed by atoms with van der Waals surface area (Å²) >= 11 is 0. The molecule has 0 radical (unpaired) electrons. The summed E-state index contributed by atoms with van der Waals surface area (Å²) in [6, 6.07) is 8.22. The number of anilines is 1. The van der Waals surface area contributed by atoms with Crippen LogP contribution in [0.2, 0.25) is 0 Å². The number of aryl methyl sites for hydroxylation is 1. The minimum atomic E-state index is -0.966. The molecule has 0 fully saturated rings. The van der Waals surface area contributed by atoms with E-state index in [4.69, 9.17) is 10.1 Å². The van der Waals surface area contributed by atoms with Gasteiger partial charge in [0, 0.05) is 29.9 Å². The number of benzene rings is 1. The van der Waals surface area contributed by atoms with E-state index < -0.39 is 6.09 Å². The van der Waals surface area contributed by atoms with Gasteiger partial charge >= 0.3 is 6.09 Å². The van der Waals surface area contributed by atoms with E-state index in [1.165, 1.54) is 29.8 Å². The van der Waals surface area contributed by atoms with Crippen molar-refractivity contribution < 1.29 is 9.90 Å². The number of nitrogens with zero attached hydrogens (tertiary/aromatic N) is 1. The highest BCUT2D eigenvalue weighted by atomic mass is 16.4. The Balaban J connectivity index is 1.81. The van der Waals surface area contributed by atoms with Crippen molar-refractivity contribution in [3.63, 3.8) is 0 Å². The molecule has 1 aromatic heterocycles. The molecule has 1 aromatic carbocycles. The van der Waals surface area contributed by atoms with Gasteiger partial charge in [0.1, 0.15) is 0 Å². The lowest BCUT2D eigenvalue weighted by atomic mass is 9.92. The van der Waals surface area contributed by atoms with E-state index in [-0.39, 0.29) is 0 Å². The molecule has 1 heterocycles. The fraction of sp³-hybridized carbons (Fsp3) is 0.412. The Morgan fingerprint density at radius 1 is 1.18 bits per heavy atom. The van der Waals surface area contributed by atoms with Gasteiger partial charge in [-0.15, -0.1) is 0 Å². The molecule has 0 unspecified atom stereocenters. The Hall–Kier alpha value is -2.30. The topological polar surface area (TPSA) is 74.2 Å². The summed E-state index contributed by atoms with van der Waals surface area (Å²) in [5, 5.41) is 15.7. The summed E-state index contributed by atoms with van der Waals surface area (Å²) in [6.45, 7) is 1.22. The van der Waals surface area contributed by atoms with Gasteiger partial charge < -0.3 is 15.7 Å².